The molecule has 0 unspecified atom stereocenters. The van der Waals surface area contributed by atoms with E-state index in [0.29, 0.717) is 6.61 Å². The van der Waals surface area contributed by atoms with Gasteiger partial charge in [0, 0.05) is 4.47 Å². The van der Waals surface area contributed by atoms with Crippen LogP contribution < -0.4 is 4.74 Å². The minimum Gasteiger partial charge on any atom is -0.488 e. The molecule has 0 aliphatic heterocycles. The van der Waals surface area contributed by atoms with Gasteiger partial charge < -0.3 is 4.74 Å². The first-order valence-electron chi connectivity index (χ1n) is 5.92. The average Bonchev–Trinajstić information content (AvgIpc) is 2.72. The van der Waals surface area contributed by atoms with E-state index in [1.54, 1.807) is 11.3 Å². The highest BCUT2D eigenvalue weighted by Crippen LogP contribution is 2.28. The molecular weight excluding hydrogens is 308 g/mol. The normalized spacial score (nSPS) is 11.6. The number of rotatable bonds is 3. The zero-order chi connectivity index (χ0) is 13.2. The largest absolute Gasteiger partial charge is 0.488 e. The molecule has 96 valence electrons. The van der Waals surface area contributed by atoms with Crippen molar-refractivity contribution in [1.82, 2.24) is 0 Å². The van der Waals surface area contributed by atoms with Crippen molar-refractivity contribution in [3.63, 3.8) is 0 Å². The number of ether oxygens (including phenoxy) is 1. The quantitative estimate of drug-likeness (QED) is 0.735. The molecule has 0 atom stereocenters. The van der Waals surface area contributed by atoms with Gasteiger partial charge in [-0.25, -0.2) is 0 Å². The molecule has 1 aromatic carbocycles. The first-order chi connectivity index (χ1) is 8.47. The molecule has 0 aliphatic rings. The van der Waals surface area contributed by atoms with Crippen molar-refractivity contribution in [3.8, 4) is 5.75 Å². The van der Waals surface area contributed by atoms with Gasteiger partial charge in [0.05, 0.1) is 4.88 Å². The molecule has 1 nitrogen and oxygen atoms in total. The third-order valence-corrected chi connectivity index (χ3v) is 4.66. The minimum atomic E-state index is 0.156. The average molecular weight is 325 g/mol. The molecule has 3 heteroatoms. The lowest BCUT2D eigenvalue weighted by Crippen LogP contribution is -2.10. The van der Waals surface area contributed by atoms with E-state index >= 15 is 0 Å². The van der Waals surface area contributed by atoms with Gasteiger partial charge in [0.2, 0.25) is 0 Å². The van der Waals surface area contributed by atoms with Crippen LogP contribution in [0.1, 0.15) is 31.2 Å². The van der Waals surface area contributed by atoms with E-state index in [4.69, 9.17) is 4.74 Å². The SMILES string of the molecule is CC(C)(C)c1cccc(OCc2sccc2Br)c1. The van der Waals surface area contributed by atoms with Gasteiger partial charge in [0.1, 0.15) is 12.4 Å². The van der Waals surface area contributed by atoms with Crippen LogP contribution in [0.2, 0.25) is 0 Å². The van der Waals surface area contributed by atoms with E-state index in [-0.39, 0.29) is 5.41 Å². The highest BCUT2D eigenvalue weighted by atomic mass is 79.9. The Morgan fingerprint density at radius 3 is 2.61 bits per heavy atom. The number of hydrogen-bond donors (Lipinski definition) is 0. The van der Waals surface area contributed by atoms with Gasteiger partial charge in [-0.15, -0.1) is 11.3 Å². The molecule has 1 heterocycles. The lowest BCUT2D eigenvalue weighted by molar-refractivity contribution is 0.308. The Balaban J connectivity index is 2.09. The lowest BCUT2D eigenvalue weighted by Gasteiger charge is -2.19. The van der Waals surface area contributed by atoms with Gasteiger partial charge in [-0.3, -0.25) is 0 Å². The highest BCUT2D eigenvalue weighted by Gasteiger charge is 2.14. The van der Waals surface area contributed by atoms with Gasteiger partial charge in [-0.1, -0.05) is 32.9 Å². The summed E-state index contributed by atoms with van der Waals surface area (Å²) < 4.78 is 6.97. The Morgan fingerprint density at radius 2 is 2.00 bits per heavy atom. The van der Waals surface area contributed by atoms with Gasteiger partial charge in [0.15, 0.2) is 0 Å². The van der Waals surface area contributed by atoms with Crippen molar-refractivity contribution >= 4 is 27.3 Å². The zero-order valence-electron chi connectivity index (χ0n) is 10.9. The maximum atomic E-state index is 5.85. The van der Waals surface area contributed by atoms with Gasteiger partial charge in [-0.2, -0.15) is 0 Å². The van der Waals surface area contributed by atoms with Crippen LogP contribution in [0, 0.1) is 0 Å². The van der Waals surface area contributed by atoms with Gasteiger partial charge >= 0.3 is 0 Å². The van der Waals surface area contributed by atoms with Crippen molar-refractivity contribution in [2.45, 2.75) is 32.8 Å². The fraction of sp³-hybridized carbons (Fsp3) is 0.333. The molecule has 2 rings (SSSR count). The predicted octanol–water partition coefficient (Wildman–Crippen LogP) is 5.39. The van der Waals surface area contributed by atoms with Crippen LogP contribution in [-0.2, 0) is 12.0 Å². The smallest absolute Gasteiger partial charge is 0.124 e. The van der Waals surface area contributed by atoms with Crippen LogP contribution >= 0.6 is 27.3 Å². The Labute approximate surface area is 121 Å². The van der Waals surface area contributed by atoms with E-state index in [1.807, 2.05) is 6.07 Å². The number of benzene rings is 1. The van der Waals surface area contributed by atoms with Crippen molar-refractivity contribution in [2.75, 3.05) is 0 Å². The summed E-state index contributed by atoms with van der Waals surface area (Å²) in [5.74, 6) is 0.933. The van der Waals surface area contributed by atoms with E-state index in [9.17, 15) is 0 Å². The molecule has 0 saturated heterocycles. The molecule has 0 aliphatic carbocycles. The van der Waals surface area contributed by atoms with Crippen LogP contribution in [0.4, 0.5) is 0 Å². The summed E-state index contributed by atoms with van der Waals surface area (Å²) >= 11 is 5.22. The van der Waals surface area contributed by atoms with Crippen LogP contribution in [0.5, 0.6) is 5.75 Å². The van der Waals surface area contributed by atoms with E-state index in [2.05, 4.69) is 66.3 Å². The number of hydrogen-bond acceptors (Lipinski definition) is 2. The topological polar surface area (TPSA) is 9.23 Å². The first-order valence-corrected chi connectivity index (χ1v) is 7.59. The predicted molar refractivity (Wildman–Crippen MR) is 81.5 cm³/mol. The van der Waals surface area contributed by atoms with Crippen LogP contribution in [-0.4, -0.2) is 0 Å². The molecule has 0 saturated carbocycles. The van der Waals surface area contributed by atoms with Gasteiger partial charge in [-0.05, 0) is 50.5 Å². The van der Waals surface area contributed by atoms with Crippen LogP contribution in [0.3, 0.4) is 0 Å². The Bertz CT molecular complexity index is 525. The van der Waals surface area contributed by atoms with E-state index in [0.717, 1.165) is 10.2 Å². The standard InChI is InChI=1S/C15H17BrOS/c1-15(2,3)11-5-4-6-12(9-11)17-10-14-13(16)7-8-18-14/h4-9H,10H2,1-3H3. The molecule has 0 fully saturated rings. The monoisotopic (exact) mass is 324 g/mol. The summed E-state index contributed by atoms with van der Waals surface area (Å²) in [5, 5.41) is 2.06. The molecule has 18 heavy (non-hydrogen) atoms. The Hall–Kier alpha value is -0.800. The fourth-order valence-electron chi connectivity index (χ4n) is 1.63. The first kappa shape index (κ1) is 13.6. The second kappa shape index (κ2) is 5.45. The fourth-order valence-corrected chi connectivity index (χ4v) is 3.01. The van der Waals surface area contributed by atoms with Crippen molar-refractivity contribution < 1.29 is 4.74 Å². The lowest BCUT2D eigenvalue weighted by atomic mass is 9.87. The second-order valence-corrected chi connectivity index (χ2v) is 7.11. The van der Waals surface area contributed by atoms with Gasteiger partial charge in [0.25, 0.3) is 0 Å². The molecule has 2 aromatic rings. The maximum Gasteiger partial charge on any atom is 0.124 e. The summed E-state index contributed by atoms with van der Waals surface area (Å²) in [5.41, 5.74) is 1.45. The summed E-state index contributed by atoms with van der Waals surface area (Å²) in [6.07, 6.45) is 0. The highest BCUT2D eigenvalue weighted by molar-refractivity contribution is 9.10. The maximum absolute atomic E-state index is 5.85. The molecule has 0 bridgehead atoms. The molecule has 0 N–H and O–H groups in total. The van der Waals surface area contributed by atoms with Crippen molar-refractivity contribution in [1.29, 1.82) is 0 Å². The van der Waals surface area contributed by atoms with Crippen LogP contribution in [0.15, 0.2) is 40.2 Å². The third-order valence-electron chi connectivity index (χ3n) is 2.76. The Morgan fingerprint density at radius 1 is 1.22 bits per heavy atom. The molecule has 1 aromatic heterocycles. The molecular formula is C15H17BrOS. The zero-order valence-corrected chi connectivity index (χ0v) is 13.3. The summed E-state index contributed by atoms with van der Waals surface area (Å²) in [6.45, 7) is 7.25. The number of thiophene rings is 1. The van der Waals surface area contributed by atoms with Crippen molar-refractivity contribution in [2.24, 2.45) is 0 Å². The van der Waals surface area contributed by atoms with Crippen LogP contribution in [0.25, 0.3) is 0 Å². The Kier molecular flexibility index (Phi) is 4.13. The van der Waals surface area contributed by atoms with Crippen molar-refractivity contribution in [3.05, 3.63) is 50.6 Å². The minimum absolute atomic E-state index is 0.156. The molecule has 0 spiro atoms. The number of halogens is 1. The molecule has 0 radical (unpaired) electrons. The van der Waals surface area contributed by atoms with E-state index < -0.39 is 0 Å². The summed E-state index contributed by atoms with van der Waals surface area (Å²) in [7, 11) is 0. The summed E-state index contributed by atoms with van der Waals surface area (Å²) in [4.78, 5) is 1.22. The van der Waals surface area contributed by atoms with E-state index in [1.165, 1.54) is 10.4 Å². The molecule has 0 amide bonds. The second-order valence-electron chi connectivity index (χ2n) is 5.26. The summed E-state index contributed by atoms with van der Waals surface area (Å²) in [6, 6.07) is 10.4. The third kappa shape index (κ3) is 3.36.